The van der Waals surface area contributed by atoms with Crippen LogP contribution in [0.25, 0.3) is 0 Å². The lowest BCUT2D eigenvalue weighted by atomic mass is 10.3. The van der Waals surface area contributed by atoms with Crippen molar-refractivity contribution in [1.82, 2.24) is 4.90 Å². The van der Waals surface area contributed by atoms with Crippen LogP contribution in [-0.2, 0) is 0 Å². The van der Waals surface area contributed by atoms with Crippen LogP contribution >= 0.6 is 0 Å². The first-order valence-corrected chi connectivity index (χ1v) is 3.84. The summed E-state index contributed by atoms with van der Waals surface area (Å²) in [5.41, 5.74) is 5.59. The van der Waals surface area contributed by atoms with E-state index in [9.17, 15) is 0 Å². The molecule has 3 nitrogen and oxygen atoms in total. The van der Waals surface area contributed by atoms with Gasteiger partial charge in [0.2, 0.25) is 0 Å². The van der Waals surface area contributed by atoms with Crippen molar-refractivity contribution in [2.45, 2.75) is 25.5 Å². The Labute approximate surface area is 61.8 Å². The van der Waals surface area contributed by atoms with Crippen molar-refractivity contribution >= 4 is 0 Å². The van der Waals surface area contributed by atoms with Gasteiger partial charge in [-0.2, -0.15) is 0 Å². The van der Waals surface area contributed by atoms with Crippen LogP contribution in [0.3, 0.4) is 0 Å². The van der Waals surface area contributed by atoms with Gasteiger partial charge in [0.1, 0.15) is 0 Å². The lowest BCUT2D eigenvalue weighted by Crippen LogP contribution is -2.34. The van der Waals surface area contributed by atoms with E-state index in [0.29, 0.717) is 0 Å². The molecule has 3 heteroatoms. The van der Waals surface area contributed by atoms with Gasteiger partial charge in [-0.25, -0.2) is 0 Å². The Balaban J connectivity index is 2.18. The maximum absolute atomic E-state index is 9.13. The number of hydrogen-bond donors (Lipinski definition) is 2. The van der Waals surface area contributed by atoms with Gasteiger partial charge in [-0.3, -0.25) is 4.90 Å². The van der Waals surface area contributed by atoms with E-state index < -0.39 is 0 Å². The molecule has 1 aliphatic rings. The number of likely N-dealkylation sites (tertiary alicyclic amines) is 1. The van der Waals surface area contributed by atoms with Crippen LogP contribution in [0.15, 0.2) is 0 Å². The Hall–Kier alpha value is -0.120. The number of nitrogens with two attached hydrogens (primary N) is 1. The molecule has 10 heavy (non-hydrogen) atoms. The highest BCUT2D eigenvalue weighted by Gasteiger charge is 2.19. The molecule has 0 spiro atoms. The Kier molecular flexibility index (Phi) is 2.65. The van der Waals surface area contributed by atoms with Gasteiger partial charge >= 0.3 is 0 Å². The van der Waals surface area contributed by atoms with Crippen molar-refractivity contribution in [3.63, 3.8) is 0 Å². The van der Waals surface area contributed by atoms with Crippen LogP contribution in [0.1, 0.15) is 13.3 Å². The lowest BCUT2D eigenvalue weighted by Gasteiger charge is -2.16. The van der Waals surface area contributed by atoms with Crippen LogP contribution in [0.2, 0.25) is 0 Å². The SMILES string of the molecule is CC(N)CN1CCC(O)C1. The minimum atomic E-state index is -0.112. The molecule has 1 fully saturated rings. The zero-order valence-corrected chi connectivity index (χ0v) is 6.45. The van der Waals surface area contributed by atoms with E-state index in [4.69, 9.17) is 10.8 Å². The van der Waals surface area contributed by atoms with Crippen molar-refractivity contribution < 1.29 is 5.11 Å². The van der Waals surface area contributed by atoms with Gasteiger partial charge in [0.25, 0.3) is 0 Å². The third-order valence-electron chi connectivity index (χ3n) is 1.79. The molecule has 1 aliphatic heterocycles. The molecule has 2 atom stereocenters. The highest BCUT2D eigenvalue weighted by molar-refractivity contribution is 4.76. The fourth-order valence-electron chi connectivity index (χ4n) is 1.39. The Morgan fingerprint density at radius 1 is 1.80 bits per heavy atom. The predicted molar refractivity (Wildman–Crippen MR) is 40.7 cm³/mol. The largest absolute Gasteiger partial charge is 0.392 e. The molecule has 0 aromatic rings. The Morgan fingerprint density at radius 2 is 2.50 bits per heavy atom. The highest BCUT2D eigenvalue weighted by Crippen LogP contribution is 2.07. The van der Waals surface area contributed by atoms with E-state index >= 15 is 0 Å². The first-order valence-electron chi connectivity index (χ1n) is 3.84. The zero-order chi connectivity index (χ0) is 7.56. The quantitative estimate of drug-likeness (QED) is 0.544. The fourth-order valence-corrected chi connectivity index (χ4v) is 1.39. The molecular weight excluding hydrogens is 128 g/mol. The fraction of sp³-hybridized carbons (Fsp3) is 1.00. The molecule has 1 rings (SSSR count). The van der Waals surface area contributed by atoms with Crippen LogP contribution in [0.4, 0.5) is 0 Å². The number of rotatable bonds is 2. The van der Waals surface area contributed by atoms with E-state index in [1.807, 2.05) is 6.92 Å². The number of hydrogen-bond acceptors (Lipinski definition) is 3. The topological polar surface area (TPSA) is 49.5 Å². The van der Waals surface area contributed by atoms with E-state index in [0.717, 1.165) is 26.1 Å². The monoisotopic (exact) mass is 144 g/mol. The van der Waals surface area contributed by atoms with Gasteiger partial charge in [0, 0.05) is 25.7 Å². The second kappa shape index (κ2) is 3.32. The van der Waals surface area contributed by atoms with Crippen molar-refractivity contribution in [3.05, 3.63) is 0 Å². The van der Waals surface area contributed by atoms with Crippen LogP contribution in [0, 0.1) is 0 Å². The third kappa shape index (κ3) is 2.25. The average Bonchev–Trinajstić information content (AvgIpc) is 2.13. The molecule has 1 heterocycles. The Morgan fingerprint density at radius 3 is 2.90 bits per heavy atom. The molecule has 1 saturated heterocycles. The summed E-state index contributed by atoms with van der Waals surface area (Å²) in [6, 6.07) is 0.227. The molecule has 0 aromatic carbocycles. The molecule has 0 amide bonds. The summed E-state index contributed by atoms with van der Waals surface area (Å²) >= 11 is 0. The summed E-state index contributed by atoms with van der Waals surface area (Å²) < 4.78 is 0. The summed E-state index contributed by atoms with van der Waals surface area (Å²) in [4.78, 5) is 2.20. The van der Waals surface area contributed by atoms with E-state index in [-0.39, 0.29) is 12.1 Å². The van der Waals surface area contributed by atoms with Crippen molar-refractivity contribution in [2.24, 2.45) is 5.73 Å². The van der Waals surface area contributed by atoms with Crippen LogP contribution in [-0.4, -0.2) is 41.8 Å². The summed E-state index contributed by atoms with van der Waals surface area (Å²) in [6.07, 6.45) is 0.797. The molecule has 0 radical (unpaired) electrons. The second-order valence-electron chi connectivity index (χ2n) is 3.18. The van der Waals surface area contributed by atoms with E-state index in [1.54, 1.807) is 0 Å². The number of aliphatic hydroxyl groups excluding tert-OH is 1. The van der Waals surface area contributed by atoms with Crippen LogP contribution < -0.4 is 5.73 Å². The zero-order valence-electron chi connectivity index (χ0n) is 6.45. The molecule has 3 N–H and O–H groups in total. The molecule has 0 aliphatic carbocycles. The summed E-state index contributed by atoms with van der Waals surface area (Å²) in [7, 11) is 0. The highest BCUT2D eigenvalue weighted by atomic mass is 16.3. The number of nitrogens with zero attached hydrogens (tertiary/aromatic N) is 1. The molecule has 0 saturated carbocycles. The lowest BCUT2D eigenvalue weighted by molar-refractivity contribution is 0.175. The first-order chi connectivity index (χ1) is 4.68. The molecule has 2 unspecified atom stereocenters. The summed E-state index contributed by atoms with van der Waals surface area (Å²) in [5, 5.41) is 9.13. The maximum Gasteiger partial charge on any atom is 0.0679 e. The smallest absolute Gasteiger partial charge is 0.0679 e. The third-order valence-corrected chi connectivity index (χ3v) is 1.79. The molecular formula is C7H16N2O. The Bertz CT molecular complexity index is 106. The minimum Gasteiger partial charge on any atom is -0.392 e. The summed E-state index contributed by atoms with van der Waals surface area (Å²) in [5.74, 6) is 0. The van der Waals surface area contributed by atoms with Gasteiger partial charge < -0.3 is 10.8 Å². The van der Waals surface area contributed by atoms with E-state index in [2.05, 4.69) is 4.90 Å². The average molecular weight is 144 g/mol. The van der Waals surface area contributed by atoms with Gasteiger partial charge in [-0.1, -0.05) is 0 Å². The van der Waals surface area contributed by atoms with Crippen molar-refractivity contribution in [2.75, 3.05) is 19.6 Å². The molecule has 0 bridgehead atoms. The van der Waals surface area contributed by atoms with Gasteiger partial charge in [-0.15, -0.1) is 0 Å². The predicted octanol–water partition coefficient (Wildman–Crippen LogP) is -0.600. The normalized spacial score (nSPS) is 30.9. The van der Waals surface area contributed by atoms with Crippen molar-refractivity contribution in [1.29, 1.82) is 0 Å². The van der Waals surface area contributed by atoms with Crippen molar-refractivity contribution in [3.8, 4) is 0 Å². The van der Waals surface area contributed by atoms with Gasteiger partial charge in [0.15, 0.2) is 0 Å². The second-order valence-corrected chi connectivity index (χ2v) is 3.18. The molecule has 60 valence electrons. The van der Waals surface area contributed by atoms with Crippen LogP contribution in [0.5, 0.6) is 0 Å². The minimum absolute atomic E-state index is 0.112. The van der Waals surface area contributed by atoms with Gasteiger partial charge in [-0.05, 0) is 13.3 Å². The number of aliphatic hydroxyl groups is 1. The number of β-amino-alcohol motifs (C(OH)–C–C–N with tert-alkyl or cyclic N) is 1. The maximum atomic E-state index is 9.13. The molecule has 0 aromatic heterocycles. The van der Waals surface area contributed by atoms with E-state index in [1.165, 1.54) is 0 Å². The first kappa shape index (κ1) is 7.98. The van der Waals surface area contributed by atoms with Gasteiger partial charge in [0.05, 0.1) is 6.10 Å². The standard InChI is InChI=1S/C7H16N2O/c1-6(8)4-9-3-2-7(10)5-9/h6-7,10H,2-5,8H2,1H3. The summed E-state index contributed by atoms with van der Waals surface area (Å²) in [6.45, 7) is 4.71.